The molecule has 0 atom stereocenters. The summed E-state index contributed by atoms with van der Waals surface area (Å²) in [6.45, 7) is 0. The van der Waals surface area contributed by atoms with Crippen molar-refractivity contribution in [2.75, 3.05) is 0 Å². The Kier molecular flexibility index (Phi) is 4.89. The molecule has 0 aliphatic heterocycles. The number of hydrogen-bond donors (Lipinski definition) is 0. The van der Waals surface area contributed by atoms with Crippen molar-refractivity contribution in [3.05, 3.63) is 150 Å². The van der Waals surface area contributed by atoms with Crippen LogP contribution >= 0.6 is 0 Å². The summed E-state index contributed by atoms with van der Waals surface area (Å²) in [5.74, 6) is 0. The molecular formula is C41H28. The van der Waals surface area contributed by atoms with Gasteiger partial charge in [-0.2, -0.15) is 0 Å². The molecule has 0 heteroatoms. The van der Waals surface area contributed by atoms with Crippen LogP contribution in [0.4, 0.5) is 0 Å². The highest BCUT2D eigenvalue weighted by atomic mass is 14.2. The Morgan fingerprint density at radius 3 is 1.83 bits per heavy atom. The maximum atomic E-state index is 2.39. The van der Waals surface area contributed by atoms with Crippen molar-refractivity contribution < 1.29 is 0 Å². The van der Waals surface area contributed by atoms with Crippen molar-refractivity contribution in [3.63, 3.8) is 0 Å². The van der Waals surface area contributed by atoms with Crippen LogP contribution in [0.2, 0.25) is 0 Å². The van der Waals surface area contributed by atoms with E-state index in [2.05, 4.69) is 133 Å². The van der Waals surface area contributed by atoms with Gasteiger partial charge in [0.25, 0.3) is 0 Å². The van der Waals surface area contributed by atoms with Gasteiger partial charge in [-0.1, -0.05) is 133 Å². The minimum absolute atomic E-state index is 1.01. The number of hydrogen-bond acceptors (Lipinski definition) is 0. The van der Waals surface area contributed by atoms with E-state index >= 15 is 0 Å². The molecule has 9 rings (SSSR count). The number of allylic oxidation sites excluding steroid dienone is 4. The van der Waals surface area contributed by atoms with Gasteiger partial charge in [0.1, 0.15) is 0 Å². The second kappa shape index (κ2) is 8.78. The summed E-state index contributed by atoms with van der Waals surface area (Å²) < 4.78 is 0. The molecule has 7 aromatic carbocycles. The summed E-state index contributed by atoms with van der Waals surface area (Å²) in [5.41, 5.74) is 13.5. The molecule has 41 heavy (non-hydrogen) atoms. The maximum Gasteiger partial charge on any atom is -0.000729 e. The molecule has 0 aromatic heterocycles. The lowest BCUT2D eigenvalue weighted by Crippen LogP contribution is -1.92. The topological polar surface area (TPSA) is 0 Å². The van der Waals surface area contributed by atoms with E-state index in [1.807, 2.05) is 0 Å². The second-order valence-corrected chi connectivity index (χ2v) is 11.5. The third-order valence-corrected chi connectivity index (χ3v) is 9.33. The van der Waals surface area contributed by atoms with Crippen LogP contribution in [0.25, 0.3) is 71.3 Å². The van der Waals surface area contributed by atoms with Crippen molar-refractivity contribution in [2.45, 2.75) is 19.3 Å². The van der Waals surface area contributed by atoms with E-state index in [-0.39, 0.29) is 0 Å². The van der Waals surface area contributed by atoms with Gasteiger partial charge in [-0.15, -0.1) is 0 Å². The molecule has 7 aromatic rings. The Hall–Kier alpha value is -4.94. The lowest BCUT2D eigenvalue weighted by molar-refractivity contribution is 1.04. The smallest absolute Gasteiger partial charge is 0.000729 e. The molecule has 2 aliphatic carbocycles. The fraction of sp³-hybridized carbons (Fsp3) is 0.0732. The van der Waals surface area contributed by atoms with Crippen LogP contribution in [0.15, 0.2) is 133 Å². The van der Waals surface area contributed by atoms with Gasteiger partial charge in [0.05, 0.1) is 0 Å². The molecule has 0 amide bonds. The van der Waals surface area contributed by atoms with Crippen LogP contribution in [0, 0.1) is 0 Å². The van der Waals surface area contributed by atoms with Gasteiger partial charge in [0.2, 0.25) is 0 Å². The summed E-state index contributed by atoms with van der Waals surface area (Å²) in [6.07, 6.45) is 10.2. The summed E-state index contributed by atoms with van der Waals surface area (Å²) >= 11 is 0. The summed E-state index contributed by atoms with van der Waals surface area (Å²) in [7, 11) is 0. The zero-order chi connectivity index (χ0) is 26.9. The first-order chi connectivity index (χ1) is 20.3. The molecule has 0 bridgehead atoms. The average Bonchev–Trinajstić information content (AvgIpc) is 3.43. The molecule has 0 saturated carbocycles. The predicted octanol–water partition coefficient (Wildman–Crippen LogP) is 11.2. The van der Waals surface area contributed by atoms with E-state index in [4.69, 9.17) is 0 Å². The zero-order valence-corrected chi connectivity index (χ0v) is 22.8. The zero-order valence-electron chi connectivity index (χ0n) is 22.8. The Morgan fingerprint density at radius 2 is 1.07 bits per heavy atom. The minimum atomic E-state index is 1.01. The van der Waals surface area contributed by atoms with Crippen LogP contribution in [0.1, 0.15) is 29.5 Å². The first-order valence-corrected chi connectivity index (χ1v) is 14.7. The number of rotatable bonds is 3. The van der Waals surface area contributed by atoms with Crippen molar-refractivity contribution in [1.29, 1.82) is 0 Å². The molecule has 0 saturated heterocycles. The SMILES string of the molecule is C1=CC(c2ccc3ccc4c(-c5ccc(-c6cccc7c6Cc6ccccc6-7)cc5)ccc5ccc2c3c54)=CCC1. The molecule has 0 heterocycles. The second-order valence-electron chi connectivity index (χ2n) is 11.5. The molecule has 0 radical (unpaired) electrons. The van der Waals surface area contributed by atoms with E-state index in [9.17, 15) is 0 Å². The largest absolute Gasteiger partial charge is 0.0836 e. The molecule has 0 unspecified atom stereocenters. The molecule has 0 nitrogen and oxygen atoms in total. The van der Waals surface area contributed by atoms with Crippen LogP contribution in [-0.2, 0) is 6.42 Å². The van der Waals surface area contributed by atoms with Gasteiger partial charge < -0.3 is 0 Å². The fourth-order valence-electron chi connectivity index (χ4n) is 7.37. The van der Waals surface area contributed by atoms with E-state index in [1.54, 1.807) is 0 Å². The first-order valence-electron chi connectivity index (χ1n) is 14.7. The van der Waals surface area contributed by atoms with Gasteiger partial charge in [0.15, 0.2) is 0 Å². The number of fused-ring (bicyclic) bond motifs is 3. The highest BCUT2D eigenvalue weighted by molar-refractivity contribution is 6.27. The Morgan fingerprint density at radius 1 is 0.439 bits per heavy atom. The van der Waals surface area contributed by atoms with Crippen molar-refractivity contribution in [2.24, 2.45) is 0 Å². The third-order valence-electron chi connectivity index (χ3n) is 9.33. The van der Waals surface area contributed by atoms with Gasteiger partial charge in [-0.25, -0.2) is 0 Å². The standard InChI is InChI=1S/C41H28/c1-2-7-26(8-3-1)34-21-17-29-20-24-38-35(22-18-30-19-23-37(34)40(29)41(30)38)28-15-13-27(14-16-28)32-11-6-12-36-33-10-5-4-9-31(33)25-39(32)36/h2,4-24H,1,3,25H2. The molecule has 0 fully saturated rings. The van der Waals surface area contributed by atoms with Crippen molar-refractivity contribution in [3.8, 4) is 33.4 Å². The average molecular weight is 521 g/mol. The van der Waals surface area contributed by atoms with E-state index in [0.717, 1.165) is 19.3 Å². The minimum Gasteiger partial charge on any atom is -0.0836 e. The van der Waals surface area contributed by atoms with Gasteiger partial charge in [-0.3, -0.25) is 0 Å². The molecule has 2 aliphatic rings. The molecule has 192 valence electrons. The summed E-state index contributed by atoms with van der Waals surface area (Å²) in [4.78, 5) is 0. The highest BCUT2D eigenvalue weighted by Gasteiger charge is 2.21. The summed E-state index contributed by atoms with van der Waals surface area (Å²) in [6, 6.07) is 43.3. The van der Waals surface area contributed by atoms with Gasteiger partial charge in [0, 0.05) is 0 Å². The Balaban J connectivity index is 1.18. The van der Waals surface area contributed by atoms with Crippen LogP contribution in [0.3, 0.4) is 0 Å². The van der Waals surface area contributed by atoms with Crippen LogP contribution in [-0.4, -0.2) is 0 Å². The lowest BCUT2D eigenvalue weighted by atomic mass is 9.86. The third kappa shape index (κ3) is 3.41. The maximum absolute atomic E-state index is 2.39. The normalized spacial score (nSPS) is 14.1. The van der Waals surface area contributed by atoms with E-state index in [0.29, 0.717) is 0 Å². The monoisotopic (exact) mass is 520 g/mol. The van der Waals surface area contributed by atoms with Crippen LogP contribution < -0.4 is 0 Å². The van der Waals surface area contributed by atoms with Crippen LogP contribution in [0.5, 0.6) is 0 Å². The predicted molar refractivity (Wildman–Crippen MR) is 176 cm³/mol. The van der Waals surface area contributed by atoms with Gasteiger partial charge in [-0.05, 0) is 107 Å². The summed E-state index contributed by atoms with van der Waals surface area (Å²) in [5, 5.41) is 8.06. The first kappa shape index (κ1) is 22.8. The number of benzene rings is 7. The lowest BCUT2D eigenvalue weighted by Gasteiger charge is -2.17. The van der Waals surface area contributed by atoms with Crippen molar-refractivity contribution >= 4 is 37.9 Å². The van der Waals surface area contributed by atoms with Crippen molar-refractivity contribution in [1.82, 2.24) is 0 Å². The Labute approximate surface area is 240 Å². The highest BCUT2D eigenvalue weighted by Crippen LogP contribution is 2.44. The molecular weight excluding hydrogens is 492 g/mol. The Bertz CT molecular complexity index is 2210. The molecule has 0 spiro atoms. The fourth-order valence-corrected chi connectivity index (χ4v) is 7.37. The van der Waals surface area contributed by atoms with E-state index in [1.165, 1.54) is 88.0 Å². The quantitative estimate of drug-likeness (QED) is 0.203. The van der Waals surface area contributed by atoms with E-state index < -0.39 is 0 Å². The molecule has 0 N–H and O–H groups in total. The van der Waals surface area contributed by atoms with Gasteiger partial charge >= 0.3 is 0 Å².